The lowest BCUT2D eigenvalue weighted by Gasteiger charge is -2.24. The predicted octanol–water partition coefficient (Wildman–Crippen LogP) is 2.59. The Balaban J connectivity index is 1.73. The molecular formula is C14H17BrN4O. The van der Waals surface area contributed by atoms with Crippen molar-refractivity contribution in [2.75, 3.05) is 6.54 Å². The first-order valence-electron chi connectivity index (χ1n) is 6.77. The SMILES string of the molecule is Cc1cnn(CC2CCCN2C(=O)c2cc(Br)c[nH]2)c1. The number of carbonyl (C=O) groups excluding carboxylic acids is 1. The molecule has 1 N–H and O–H groups in total. The van der Waals surface area contributed by atoms with Crippen molar-refractivity contribution in [1.82, 2.24) is 19.7 Å². The fourth-order valence-electron chi connectivity index (χ4n) is 2.72. The summed E-state index contributed by atoms with van der Waals surface area (Å²) in [5.41, 5.74) is 1.79. The first-order chi connectivity index (χ1) is 9.63. The Bertz CT molecular complexity index is 618. The van der Waals surface area contributed by atoms with E-state index in [4.69, 9.17) is 0 Å². The summed E-state index contributed by atoms with van der Waals surface area (Å²) in [7, 11) is 0. The molecule has 0 bridgehead atoms. The molecule has 1 saturated heterocycles. The lowest BCUT2D eigenvalue weighted by atomic mass is 10.2. The zero-order valence-electron chi connectivity index (χ0n) is 11.3. The van der Waals surface area contributed by atoms with E-state index < -0.39 is 0 Å². The molecule has 6 heteroatoms. The molecule has 3 heterocycles. The van der Waals surface area contributed by atoms with Crippen LogP contribution in [0, 0.1) is 6.92 Å². The van der Waals surface area contributed by atoms with Crippen molar-refractivity contribution in [3.63, 3.8) is 0 Å². The third-order valence-corrected chi connectivity index (χ3v) is 4.13. The van der Waals surface area contributed by atoms with E-state index in [1.807, 2.05) is 35.0 Å². The van der Waals surface area contributed by atoms with Crippen molar-refractivity contribution in [3.8, 4) is 0 Å². The maximum atomic E-state index is 12.5. The highest BCUT2D eigenvalue weighted by atomic mass is 79.9. The van der Waals surface area contributed by atoms with Crippen molar-refractivity contribution in [2.24, 2.45) is 0 Å². The number of hydrogen-bond acceptors (Lipinski definition) is 2. The molecule has 1 aliphatic rings. The maximum Gasteiger partial charge on any atom is 0.270 e. The summed E-state index contributed by atoms with van der Waals surface area (Å²) in [5, 5.41) is 4.31. The van der Waals surface area contributed by atoms with Crippen LogP contribution in [0.25, 0.3) is 0 Å². The number of H-pyrrole nitrogens is 1. The van der Waals surface area contributed by atoms with Crippen LogP contribution < -0.4 is 0 Å². The third kappa shape index (κ3) is 2.65. The molecule has 20 heavy (non-hydrogen) atoms. The average molecular weight is 337 g/mol. The van der Waals surface area contributed by atoms with E-state index in [1.54, 1.807) is 6.20 Å². The summed E-state index contributed by atoms with van der Waals surface area (Å²) in [6.07, 6.45) is 7.75. The Kier molecular flexibility index (Phi) is 3.65. The van der Waals surface area contributed by atoms with Crippen molar-refractivity contribution in [3.05, 3.63) is 40.4 Å². The molecule has 0 saturated carbocycles. The van der Waals surface area contributed by atoms with Gasteiger partial charge in [-0.3, -0.25) is 9.48 Å². The molecule has 2 aromatic rings. The van der Waals surface area contributed by atoms with Crippen molar-refractivity contribution in [1.29, 1.82) is 0 Å². The van der Waals surface area contributed by atoms with Crippen molar-refractivity contribution < 1.29 is 4.79 Å². The van der Waals surface area contributed by atoms with Crippen LogP contribution in [0.15, 0.2) is 29.1 Å². The summed E-state index contributed by atoms with van der Waals surface area (Å²) in [6, 6.07) is 2.05. The quantitative estimate of drug-likeness (QED) is 0.936. The van der Waals surface area contributed by atoms with Crippen LogP contribution in [0.2, 0.25) is 0 Å². The van der Waals surface area contributed by atoms with Crippen LogP contribution in [0.5, 0.6) is 0 Å². The van der Waals surface area contributed by atoms with Gasteiger partial charge in [0.25, 0.3) is 5.91 Å². The van der Waals surface area contributed by atoms with E-state index in [0.717, 1.165) is 36.0 Å². The largest absolute Gasteiger partial charge is 0.356 e. The van der Waals surface area contributed by atoms with E-state index in [1.165, 1.54) is 0 Å². The molecule has 1 atom stereocenters. The number of nitrogens with zero attached hydrogens (tertiary/aromatic N) is 3. The predicted molar refractivity (Wildman–Crippen MR) is 79.5 cm³/mol. The summed E-state index contributed by atoms with van der Waals surface area (Å²) in [5.74, 6) is 0.0714. The number of aromatic amines is 1. The van der Waals surface area contributed by atoms with Crippen molar-refractivity contribution >= 4 is 21.8 Å². The van der Waals surface area contributed by atoms with Gasteiger partial charge in [-0.1, -0.05) is 0 Å². The van der Waals surface area contributed by atoms with Crippen LogP contribution in [0.3, 0.4) is 0 Å². The van der Waals surface area contributed by atoms with Crippen molar-refractivity contribution in [2.45, 2.75) is 32.4 Å². The van der Waals surface area contributed by atoms with Gasteiger partial charge < -0.3 is 9.88 Å². The molecule has 1 aliphatic heterocycles. The molecule has 3 rings (SSSR count). The van der Waals surface area contributed by atoms with Gasteiger partial charge in [-0.2, -0.15) is 5.10 Å². The Hall–Kier alpha value is -1.56. The van der Waals surface area contributed by atoms with E-state index in [2.05, 4.69) is 26.0 Å². The average Bonchev–Trinajstić information content (AvgIpc) is 3.11. The molecule has 0 spiro atoms. The molecule has 1 unspecified atom stereocenters. The summed E-state index contributed by atoms with van der Waals surface area (Å²) < 4.78 is 2.83. The van der Waals surface area contributed by atoms with Gasteiger partial charge in [0.15, 0.2) is 0 Å². The van der Waals surface area contributed by atoms with Gasteiger partial charge in [-0.25, -0.2) is 0 Å². The smallest absolute Gasteiger partial charge is 0.270 e. The third-order valence-electron chi connectivity index (χ3n) is 3.68. The summed E-state index contributed by atoms with van der Waals surface area (Å²) >= 11 is 3.36. The monoisotopic (exact) mass is 336 g/mol. The summed E-state index contributed by atoms with van der Waals surface area (Å²) in [4.78, 5) is 17.5. The minimum Gasteiger partial charge on any atom is -0.356 e. The normalized spacial score (nSPS) is 18.7. The molecule has 106 valence electrons. The van der Waals surface area contributed by atoms with E-state index in [0.29, 0.717) is 5.69 Å². The number of nitrogens with one attached hydrogen (secondary N) is 1. The van der Waals surface area contributed by atoms with Gasteiger partial charge >= 0.3 is 0 Å². The number of carbonyl (C=O) groups is 1. The van der Waals surface area contributed by atoms with Gasteiger partial charge in [0, 0.05) is 23.4 Å². The highest BCUT2D eigenvalue weighted by Gasteiger charge is 2.30. The maximum absolute atomic E-state index is 12.5. The number of aryl methyl sites for hydroxylation is 1. The van der Waals surface area contributed by atoms with Gasteiger partial charge in [-0.05, 0) is 47.3 Å². The van der Waals surface area contributed by atoms with E-state index in [9.17, 15) is 4.79 Å². The molecule has 1 amide bonds. The van der Waals surface area contributed by atoms with Gasteiger partial charge in [0.1, 0.15) is 5.69 Å². The molecule has 0 radical (unpaired) electrons. The Morgan fingerprint density at radius 2 is 2.45 bits per heavy atom. The van der Waals surface area contributed by atoms with Crippen LogP contribution in [0.1, 0.15) is 28.9 Å². The molecule has 1 fully saturated rings. The van der Waals surface area contributed by atoms with Crippen LogP contribution in [-0.4, -0.2) is 38.2 Å². The highest BCUT2D eigenvalue weighted by Crippen LogP contribution is 2.22. The number of likely N-dealkylation sites (tertiary alicyclic amines) is 1. The second-order valence-corrected chi connectivity index (χ2v) is 6.18. The Morgan fingerprint density at radius 1 is 1.60 bits per heavy atom. The highest BCUT2D eigenvalue weighted by molar-refractivity contribution is 9.10. The Labute approximate surface area is 126 Å². The number of hydrogen-bond donors (Lipinski definition) is 1. The lowest BCUT2D eigenvalue weighted by molar-refractivity contribution is 0.0716. The Morgan fingerprint density at radius 3 is 3.10 bits per heavy atom. The standard InChI is InChI=1S/C14H17BrN4O/c1-10-6-17-18(8-10)9-12-3-2-4-19(12)14(20)13-5-11(15)7-16-13/h5-8,12,16H,2-4,9H2,1H3. The number of aromatic nitrogens is 3. The summed E-state index contributed by atoms with van der Waals surface area (Å²) in [6.45, 7) is 3.61. The molecule has 2 aromatic heterocycles. The fourth-order valence-corrected chi connectivity index (χ4v) is 3.07. The first kappa shape index (κ1) is 13.4. The zero-order valence-corrected chi connectivity index (χ0v) is 12.9. The molecule has 0 aromatic carbocycles. The minimum absolute atomic E-state index is 0.0714. The first-order valence-corrected chi connectivity index (χ1v) is 7.57. The van der Waals surface area contributed by atoms with Crippen LogP contribution >= 0.6 is 15.9 Å². The van der Waals surface area contributed by atoms with Gasteiger partial charge in [0.2, 0.25) is 0 Å². The second-order valence-electron chi connectivity index (χ2n) is 5.27. The van der Waals surface area contributed by atoms with Crippen LogP contribution in [-0.2, 0) is 6.54 Å². The zero-order chi connectivity index (χ0) is 14.1. The number of amides is 1. The van der Waals surface area contributed by atoms with Gasteiger partial charge in [-0.15, -0.1) is 0 Å². The molecule has 0 aliphatic carbocycles. The molecule has 5 nitrogen and oxygen atoms in total. The lowest BCUT2D eigenvalue weighted by Crippen LogP contribution is -2.38. The van der Waals surface area contributed by atoms with Gasteiger partial charge in [0.05, 0.1) is 18.8 Å². The number of rotatable bonds is 3. The fraction of sp³-hybridized carbons (Fsp3) is 0.429. The molecular weight excluding hydrogens is 320 g/mol. The second kappa shape index (κ2) is 5.44. The number of halogens is 1. The van der Waals surface area contributed by atoms with E-state index >= 15 is 0 Å². The van der Waals surface area contributed by atoms with E-state index in [-0.39, 0.29) is 11.9 Å². The minimum atomic E-state index is 0.0714. The van der Waals surface area contributed by atoms with Crippen LogP contribution in [0.4, 0.5) is 0 Å². The topological polar surface area (TPSA) is 53.9 Å².